The fraction of sp³-hybridized carbons (Fsp3) is 0.368. The highest BCUT2D eigenvalue weighted by molar-refractivity contribution is 5.99. The summed E-state index contributed by atoms with van der Waals surface area (Å²) in [5, 5.41) is 0. The minimum absolute atomic E-state index is 0.00296. The Bertz CT molecular complexity index is 1070. The predicted molar refractivity (Wildman–Crippen MR) is 96.2 cm³/mol. The van der Waals surface area contributed by atoms with Gasteiger partial charge >= 0.3 is 5.69 Å². The summed E-state index contributed by atoms with van der Waals surface area (Å²) in [5.74, 6) is -3.37. The van der Waals surface area contributed by atoms with Gasteiger partial charge in [0, 0.05) is 39.2 Å². The largest absolute Gasteiger partial charge is 0.337 e. The zero-order valence-corrected chi connectivity index (χ0v) is 15.4. The summed E-state index contributed by atoms with van der Waals surface area (Å²) in [4.78, 5) is 50.8. The van der Waals surface area contributed by atoms with E-state index in [0.29, 0.717) is 19.4 Å². The van der Waals surface area contributed by atoms with E-state index in [4.69, 9.17) is 0 Å². The smallest absolute Gasteiger partial charge is 0.331 e. The van der Waals surface area contributed by atoms with E-state index in [9.17, 15) is 28.0 Å². The first-order valence-corrected chi connectivity index (χ1v) is 8.76. The minimum atomic E-state index is -0.816. The summed E-state index contributed by atoms with van der Waals surface area (Å²) in [6.45, 7) is 0.328. The van der Waals surface area contributed by atoms with Crippen LogP contribution in [0.5, 0.6) is 0 Å². The number of amides is 1. The first kappa shape index (κ1) is 19.7. The number of rotatable bonds is 3. The van der Waals surface area contributed by atoms with Crippen LogP contribution >= 0.6 is 0 Å². The van der Waals surface area contributed by atoms with E-state index in [1.165, 1.54) is 19.0 Å². The van der Waals surface area contributed by atoms with Crippen molar-refractivity contribution in [2.24, 2.45) is 20.0 Å². The molecule has 2 heterocycles. The molecule has 1 fully saturated rings. The van der Waals surface area contributed by atoms with Crippen LogP contribution in [0, 0.1) is 17.6 Å². The third kappa shape index (κ3) is 3.51. The molecule has 1 atom stereocenters. The molecule has 0 aliphatic carbocycles. The Morgan fingerprint density at radius 1 is 1.07 bits per heavy atom. The van der Waals surface area contributed by atoms with Gasteiger partial charge in [-0.25, -0.2) is 13.6 Å². The standard InChI is InChI=1S/C19H19F2N3O4/c1-22-15(9-16(25)23(2)19(22)28)18(27)24-7-3-4-11(10-24)17(26)13-8-12(20)5-6-14(13)21/h5-6,8-9,11H,3-4,7,10H2,1-2H3/t11-/m0/s1. The predicted octanol–water partition coefficient (Wildman–Crippen LogP) is 1.10. The quantitative estimate of drug-likeness (QED) is 0.734. The molecule has 0 saturated carbocycles. The zero-order chi connectivity index (χ0) is 20.6. The normalized spacial score (nSPS) is 16.9. The summed E-state index contributed by atoms with van der Waals surface area (Å²) in [6, 6.07) is 3.74. The average Bonchev–Trinajstić information content (AvgIpc) is 2.70. The van der Waals surface area contributed by atoms with Gasteiger partial charge in [0.1, 0.15) is 17.3 Å². The van der Waals surface area contributed by atoms with Crippen LogP contribution in [-0.2, 0) is 14.1 Å². The summed E-state index contributed by atoms with van der Waals surface area (Å²) in [6.07, 6.45) is 0.909. The van der Waals surface area contributed by atoms with Crippen molar-refractivity contribution in [2.45, 2.75) is 12.8 Å². The minimum Gasteiger partial charge on any atom is -0.337 e. The van der Waals surface area contributed by atoms with Crippen LogP contribution in [0.2, 0.25) is 0 Å². The molecular weight excluding hydrogens is 372 g/mol. The lowest BCUT2D eigenvalue weighted by Gasteiger charge is -2.32. The molecule has 28 heavy (non-hydrogen) atoms. The first-order valence-electron chi connectivity index (χ1n) is 8.76. The Kier molecular flexibility index (Phi) is 5.26. The van der Waals surface area contributed by atoms with Crippen molar-refractivity contribution in [3.63, 3.8) is 0 Å². The number of likely N-dealkylation sites (tertiary alicyclic amines) is 1. The molecule has 148 valence electrons. The fourth-order valence-electron chi connectivity index (χ4n) is 3.38. The van der Waals surface area contributed by atoms with Crippen LogP contribution in [0.15, 0.2) is 33.9 Å². The van der Waals surface area contributed by atoms with E-state index >= 15 is 0 Å². The molecule has 2 aromatic rings. The number of aromatic nitrogens is 2. The third-order valence-electron chi connectivity index (χ3n) is 5.02. The molecule has 1 aromatic heterocycles. The van der Waals surface area contributed by atoms with Crippen molar-refractivity contribution in [1.82, 2.24) is 14.0 Å². The lowest BCUT2D eigenvalue weighted by molar-refractivity contribution is 0.0626. The van der Waals surface area contributed by atoms with E-state index in [-0.39, 0.29) is 17.8 Å². The van der Waals surface area contributed by atoms with Gasteiger partial charge in [-0.3, -0.25) is 23.5 Å². The number of hydrogen-bond donors (Lipinski definition) is 0. The maximum Gasteiger partial charge on any atom is 0.331 e. The van der Waals surface area contributed by atoms with Gasteiger partial charge in [-0.15, -0.1) is 0 Å². The highest BCUT2D eigenvalue weighted by Gasteiger charge is 2.32. The Morgan fingerprint density at radius 2 is 1.79 bits per heavy atom. The lowest BCUT2D eigenvalue weighted by atomic mass is 9.89. The summed E-state index contributed by atoms with van der Waals surface area (Å²) < 4.78 is 29.3. The molecule has 1 aliphatic rings. The van der Waals surface area contributed by atoms with Crippen molar-refractivity contribution < 1.29 is 18.4 Å². The van der Waals surface area contributed by atoms with Gasteiger partial charge in [-0.1, -0.05) is 0 Å². The maximum atomic E-state index is 13.9. The first-order chi connectivity index (χ1) is 13.2. The highest BCUT2D eigenvalue weighted by atomic mass is 19.1. The zero-order valence-electron chi connectivity index (χ0n) is 15.4. The van der Waals surface area contributed by atoms with Gasteiger partial charge in [-0.05, 0) is 31.0 Å². The number of carbonyl (C=O) groups is 2. The Morgan fingerprint density at radius 3 is 2.50 bits per heavy atom. The molecule has 1 saturated heterocycles. The highest BCUT2D eigenvalue weighted by Crippen LogP contribution is 2.23. The van der Waals surface area contributed by atoms with Crippen LogP contribution in [0.4, 0.5) is 8.78 Å². The SMILES string of the molecule is Cn1c(C(=O)N2CCC[C@H](C(=O)c3cc(F)ccc3F)C2)cc(=O)n(C)c1=O. The molecule has 0 radical (unpaired) electrons. The molecule has 3 rings (SSSR count). The number of piperidine rings is 1. The molecule has 1 aliphatic heterocycles. The summed E-state index contributed by atoms with van der Waals surface area (Å²) in [7, 11) is 2.69. The van der Waals surface area contributed by atoms with Gasteiger partial charge in [0.25, 0.3) is 11.5 Å². The van der Waals surface area contributed by atoms with E-state index in [2.05, 4.69) is 0 Å². The van der Waals surface area contributed by atoms with Crippen LogP contribution < -0.4 is 11.2 Å². The van der Waals surface area contributed by atoms with Crippen molar-refractivity contribution in [3.05, 3.63) is 68.0 Å². The number of hydrogen-bond acceptors (Lipinski definition) is 4. The average molecular weight is 391 g/mol. The van der Waals surface area contributed by atoms with Crippen LogP contribution in [-0.4, -0.2) is 38.8 Å². The molecule has 0 N–H and O–H groups in total. The molecule has 0 unspecified atom stereocenters. The number of benzene rings is 1. The second-order valence-electron chi connectivity index (χ2n) is 6.85. The topological polar surface area (TPSA) is 81.4 Å². The third-order valence-corrected chi connectivity index (χ3v) is 5.02. The van der Waals surface area contributed by atoms with Gasteiger partial charge in [-0.2, -0.15) is 0 Å². The van der Waals surface area contributed by atoms with Crippen molar-refractivity contribution >= 4 is 11.7 Å². The molecule has 1 amide bonds. The summed E-state index contributed by atoms with van der Waals surface area (Å²) in [5.41, 5.74) is -1.68. The molecular formula is C19H19F2N3O4. The Labute approximate surface area is 158 Å². The van der Waals surface area contributed by atoms with E-state index < -0.39 is 40.5 Å². The molecule has 0 spiro atoms. The molecule has 9 heteroatoms. The van der Waals surface area contributed by atoms with Gasteiger partial charge < -0.3 is 4.90 Å². The summed E-state index contributed by atoms with van der Waals surface area (Å²) >= 11 is 0. The van der Waals surface area contributed by atoms with Crippen LogP contribution in [0.3, 0.4) is 0 Å². The van der Waals surface area contributed by atoms with Crippen LogP contribution in [0.1, 0.15) is 33.7 Å². The number of carbonyl (C=O) groups excluding carboxylic acids is 2. The molecule has 1 aromatic carbocycles. The lowest BCUT2D eigenvalue weighted by Crippen LogP contribution is -2.46. The Hall–Kier alpha value is -3.10. The number of nitrogens with zero attached hydrogens (tertiary/aromatic N) is 3. The van der Waals surface area contributed by atoms with Crippen molar-refractivity contribution in [3.8, 4) is 0 Å². The maximum absolute atomic E-state index is 13.9. The number of ketones is 1. The monoisotopic (exact) mass is 391 g/mol. The van der Waals surface area contributed by atoms with Crippen LogP contribution in [0.25, 0.3) is 0 Å². The molecule has 0 bridgehead atoms. The van der Waals surface area contributed by atoms with E-state index in [0.717, 1.165) is 33.4 Å². The number of halogens is 2. The van der Waals surface area contributed by atoms with Gasteiger partial charge in [0.15, 0.2) is 5.78 Å². The van der Waals surface area contributed by atoms with E-state index in [1.807, 2.05) is 0 Å². The molecule has 7 nitrogen and oxygen atoms in total. The van der Waals surface area contributed by atoms with E-state index in [1.54, 1.807) is 0 Å². The van der Waals surface area contributed by atoms with Crippen molar-refractivity contribution in [2.75, 3.05) is 13.1 Å². The van der Waals surface area contributed by atoms with Gasteiger partial charge in [0.2, 0.25) is 0 Å². The second-order valence-corrected chi connectivity index (χ2v) is 6.85. The van der Waals surface area contributed by atoms with Gasteiger partial charge in [0.05, 0.1) is 5.56 Å². The van der Waals surface area contributed by atoms with Crippen molar-refractivity contribution in [1.29, 1.82) is 0 Å². The second kappa shape index (κ2) is 7.49. The number of Topliss-reactive ketones (excluding diaryl/α,β-unsaturated/α-hetero) is 1. The Balaban J connectivity index is 1.87. The fourth-order valence-corrected chi connectivity index (χ4v) is 3.38.